The number of rotatable bonds is 5. The average Bonchev–Trinajstić information content (AvgIpc) is 2.91. The lowest BCUT2D eigenvalue weighted by Gasteiger charge is -2.35. The van der Waals surface area contributed by atoms with E-state index in [1.807, 2.05) is 71.0 Å². The van der Waals surface area contributed by atoms with E-state index in [4.69, 9.17) is 9.47 Å². The fourth-order valence-electron chi connectivity index (χ4n) is 4.75. The Balaban J connectivity index is 1.90. The maximum absolute atomic E-state index is 13.2. The van der Waals surface area contributed by atoms with E-state index in [9.17, 15) is 14.7 Å². The third kappa shape index (κ3) is 5.67. The summed E-state index contributed by atoms with van der Waals surface area (Å²) < 4.78 is 12.1. The van der Waals surface area contributed by atoms with E-state index in [2.05, 4.69) is 6.08 Å². The average molecular weight is 430 g/mol. The molecule has 1 aliphatic heterocycles. The van der Waals surface area contributed by atoms with Gasteiger partial charge in [-0.1, -0.05) is 42.5 Å². The molecule has 0 saturated carbocycles. The lowest BCUT2D eigenvalue weighted by Crippen LogP contribution is -2.51. The molecule has 6 nitrogen and oxygen atoms in total. The predicted octanol–water partition coefficient (Wildman–Crippen LogP) is 5.03. The lowest BCUT2D eigenvalue weighted by atomic mass is 9.78. The minimum atomic E-state index is -0.852. The Bertz CT molecular complexity index is 811. The van der Waals surface area contributed by atoms with Crippen LogP contribution in [0.15, 0.2) is 42.5 Å². The largest absolute Gasteiger partial charge is 0.481 e. The summed E-state index contributed by atoms with van der Waals surface area (Å²) in [6.07, 6.45) is 5.78. The number of nitrogens with zero attached hydrogens (tertiary/aromatic N) is 1. The Morgan fingerprint density at radius 1 is 1.16 bits per heavy atom. The van der Waals surface area contributed by atoms with E-state index in [-0.39, 0.29) is 18.1 Å². The minimum absolute atomic E-state index is 0.0276. The molecule has 0 radical (unpaired) electrons. The molecule has 1 heterocycles. The Hall–Kier alpha value is -2.34. The van der Waals surface area contributed by atoms with E-state index in [1.165, 1.54) is 0 Å². The maximum atomic E-state index is 13.2. The fraction of sp³-hybridized carbons (Fsp3) is 0.600. The van der Waals surface area contributed by atoms with Crippen LogP contribution in [0.5, 0.6) is 0 Å². The predicted molar refractivity (Wildman–Crippen MR) is 119 cm³/mol. The van der Waals surface area contributed by atoms with Gasteiger partial charge < -0.3 is 14.6 Å². The zero-order valence-corrected chi connectivity index (χ0v) is 19.2. The summed E-state index contributed by atoms with van der Waals surface area (Å²) >= 11 is 0. The summed E-state index contributed by atoms with van der Waals surface area (Å²) in [6, 6.07) is 9.77. The van der Waals surface area contributed by atoms with Crippen LogP contribution in [0.2, 0.25) is 0 Å². The first-order valence-corrected chi connectivity index (χ1v) is 11.1. The van der Waals surface area contributed by atoms with Gasteiger partial charge in [-0.25, -0.2) is 4.79 Å². The molecule has 0 aromatic heterocycles. The van der Waals surface area contributed by atoms with Gasteiger partial charge in [0.25, 0.3) is 0 Å². The van der Waals surface area contributed by atoms with Crippen LogP contribution in [0.25, 0.3) is 0 Å². The van der Waals surface area contributed by atoms with Gasteiger partial charge in [0.05, 0.1) is 18.1 Å². The van der Waals surface area contributed by atoms with Crippen molar-refractivity contribution in [2.75, 3.05) is 0 Å². The quantitative estimate of drug-likeness (QED) is 0.665. The van der Waals surface area contributed by atoms with Gasteiger partial charge in [0, 0.05) is 0 Å². The van der Waals surface area contributed by atoms with Crippen molar-refractivity contribution in [3.63, 3.8) is 0 Å². The second-order valence-corrected chi connectivity index (χ2v) is 10.1. The van der Waals surface area contributed by atoms with Crippen molar-refractivity contribution in [3.05, 3.63) is 48.0 Å². The van der Waals surface area contributed by atoms with Gasteiger partial charge in [0.15, 0.2) is 0 Å². The smallest absolute Gasteiger partial charge is 0.412 e. The van der Waals surface area contributed by atoms with Crippen molar-refractivity contribution >= 4 is 12.1 Å². The topological polar surface area (TPSA) is 76.1 Å². The van der Waals surface area contributed by atoms with Crippen molar-refractivity contribution in [1.29, 1.82) is 0 Å². The van der Waals surface area contributed by atoms with Crippen molar-refractivity contribution in [2.24, 2.45) is 11.8 Å². The molecule has 2 aliphatic rings. The summed E-state index contributed by atoms with van der Waals surface area (Å²) in [5, 5.41) is 9.69. The summed E-state index contributed by atoms with van der Waals surface area (Å²) in [7, 11) is 0. The van der Waals surface area contributed by atoms with Gasteiger partial charge in [-0.3, -0.25) is 9.69 Å². The van der Waals surface area contributed by atoms with Gasteiger partial charge in [-0.2, -0.15) is 0 Å². The number of allylic oxidation sites excluding steroid dienone is 2. The molecule has 1 saturated heterocycles. The van der Waals surface area contributed by atoms with Crippen LogP contribution in [0.4, 0.5) is 4.79 Å². The van der Waals surface area contributed by atoms with E-state index < -0.39 is 29.3 Å². The number of benzene rings is 1. The van der Waals surface area contributed by atoms with Crippen LogP contribution in [0.1, 0.15) is 59.4 Å². The fourth-order valence-corrected chi connectivity index (χ4v) is 4.75. The number of aliphatic carboxylic acids is 1. The van der Waals surface area contributed by atoms with Gasteiger partial charge in [-0.15, -0.1) is 0 Å². The van der Waals surface area contributed by atoms with E-state index >= 15 is 0 Å². The molecule has 6 heteroatoms. The molecule has 1 aliphatic carbocycles. The highest BCUT2D eigenvalue weighted by molar-refractivity contribution is 5.71. The number of carboxylic acid groups (broad SMARTS) is 1. The van der Waals surface area contributed by atoms with Crippen molar-refractivity contribution < 1.29 is 24.2 Å². The Morgan fingerprint density at radius 2 is 1.81 bits per heavy atom. The highest BCUT2D eigenvalue weighted by Gasteiger charge is 2.52. The van der Waals surface area contributed by atoms with Crippen molar-refractivity contribution in [2.45, 2.75) is 83.8 Å². The molecule has 0 bridgehead atoms. The van der Waals surface area contributed by atoms with Gasteiger partial charge in [0.1, 0.15) is 11.3 Å². The monoisotopic (exact) mass is 429 g/mol. The number of hydrogen-bond donors (Lipinski definition) is 1. The number of carbonyl (C=O) groups is 2. The van der Waals surface area contributed by atoms with Gasteiger partial charge >= 0.3 is 12.1 Å². The third-order valence-corrected chi connectivity index (χ3v) is 6.08. The minimum Gasteiger partial charge on any atom is -0.481 e. The molecule has 2 unspecified atom stereocenters. The van der Waals surface area contributed by atoms with Crippen LogP contribution in [0, 0.1) is 11.8 Å². The Morgan fingerprint density at radius 3 is 2.42 bits per heavy atom. The van der Waals surface area contributed by atoms with Crippen LogP contribution >= 0.6 is 0 Å². The highest BCUT2D eigenvalue weighted by atomic mass is 16.6. The first kappa shape index (κ1) is 23.3. The Kier molecular flexibility index (Phi) is 6.79. The maximum Gasteiger partial charge on any atom is 0.412 e. The number of amides is 1. The second-order valence-electron chi connectivity index (χ2n) is 10.1. The molecule has 1 aromatic rings. The molecule has 0 spiro atoms. The normalized spacial score (nSPS) is 27.8. The number of ether oxygens (including phenoxy) is 2. The SMILES string of the molecule is CC(C)(C)OC(=O)N1[C@@H](Cc2ccccc2)[C@@H](CC2CC=CCC2C(=O)O)OC1(C)C. The van der Waals surface area contributed by atoms with Gasteiger partial charge in [-0.05, 0) is 71.8 Å². The zero-order valence-electron chi connectivity index (χ0n) is 19.2. The summed E-state index contributed by atoms with van der Waals surface area (Å²) in [5.41, 5.74) is -0.369. The third-order valence-electron chi connectivity index (χ3n) is 6.08. The second kappa shape index (κ2) is 9.03. The molecule has 4 atom stereocenters. The van der Waals surface area contributed by atoms with E-state index in [1.54, 1.807) is 4.90 Å². The highest BCUT2D eigenvalue weighted by Crippen LogP contribution is 2.40. The Labute approximate surface area is 185 Å². The van der Waals surface area contributed by atoms with Crippen LogP contribution in [0.3, 0.4) is 0 Å². The molecule has 31 heavy (non-hydrogen) atoms. The number of hydrogen-bond acceptors (Lipinski definition) is 4. The summed E-state index contributed by atoms with van der Waals surface area (Å²) in [6.45, 7) is 9.31. The molecular weight excluding hydrogens is 394 g/mol. The first-order valence-electron chi connectivity index (χ1n) is 11.1. The molecule has 1 fully saturated rings. The summed E-state index contributed by atoms with van der Waals surface area (Å²) in [5.74, 6) is -1.22. The number of carboxylic acids is 1. The molecular formula is C25H35NO5. The van der Waals surface area contributed by atoms with Crippen LogP contribution < -0.4 is 0 Å². The molecule has 1 aromatic carbocycles. The first-order chi connectivity index (χ1) is 14.5. The molecule has 170 valence electrons. The summed E-state index contributed by atoms with van der Waals surface area (Å²) in [4.78, 5) is 26.7. The molecule has 3 rings (SSSR count). The van der Waals surface area contributed by atoms with Gasteiger partial charge in [0.2, 0.25) is 0 Å². The van der Waals surface area contributed by atoms with Crippen molar-refractivity contribution in [3.8, 4) is 0 Å². The van der Waals surface area contributed by atoms with Crippen LogP contribution in [-0.2, 0) is 20.7 Å². The molecule has 1 amide bonds. The standard InChI is InChI=1S/C25H35NO5/c1-24(2,3)31-23(29)26-20(15-17-11-7-6-8-12-17)21(30-25(26,4)5)16-18-13-9-10-14-19(18)22(27)28/h6-12,18-21H,13-16H2,1-5H3,(H,27,28)/t18?,19?,20-,21+/m0/s1. The van der Waals surface area contributed by atoms with Crippen molar-refractivity contribution in [1.82, 2.24) is 4.90 Å². The van der Waals surface area contributed by atoms with E-state index in [0.717, 1.165) is 5.56 Å². The van der Waals surface area contributed by atoms with Crippen LogP contribution in [-0.4, -0.2) is 45.5 Å². The van der Waals surface area contributed by atoms with E-state index in [0.29, 0.717) is 25.7 Å². The number of carbonyl (C=O) groups excluding carboxylic acids is 1. The molecule has 1 N–H and O–H groups in total. The zero-order chi connectivity index (χ0) is 22.8. The lowest BCUT2D eigenvalue weighted by molar-refractivity contribution is -0.144.